The van der Waals surface area contributed by atoms with Gasteiger partial charge in [-0.1, -0.05) is 35.9 Å². The van der Waals surface area contributed by atoms with Gasteiger partial charge in [-0.2, -0.15) is 0 Å². The van der Waals surface area contributed by atoms with Crippen LogP contribution in [-0.4, -0.2) is 14.5 Å². The molecule has 0 spiro atoms. The number of benzene rings is 1. The highest BCUT2D eigenvalue weighted by Gasteiger charge is 2.13. The maximum absolute atomic E-state index is 9.98. The quantitative estimate of drug-likeness (QED) is 0.743. The second-order valence-electron chi connectivity index (χ2n) is 4.20. The number of halogens is 1. The predicted molar refractivity (Wildman–Crippen MR) is 74.7 cm³/mol. The average Bonchev–Trinajstić information content (AvgIpc) is 2.70. The van der Waals surface area contributed by atoms with Gasteiger partial charge < -0.3 is 5.11 Å². The summed E-state index contributed by atoms with van der Waals surface area (Å²) in [6, 6.07) is 13.4. The zero-order chi connectivity index (χ0) is 12.7. The van der Waals surface area contributed by atoms with Crippen LogP contribution in [0.15, 0.2) is 47.1 Å². The fourth-order valence-electron chi connectivity index (χ4n) is 1.98. The highest BCUT2D eigenvalue weighted by Crippen LogP contribution is 2.29. The van der Waals surface area contributed by atoms with Crippen LogP contribution in [-0.2, 0) is 0 Å². The molecule has 3 aromatic rings. The van der Waals surface area contributed by atoms with E-state index in [0.717, 1.165) is 21.5 Å². The monoisotopic (exact) mass is 302 g/mol. The topological polar surface area (TPSA) is 37.5 Å². The van der Waals surface area contributed by atoms with Crippen molar-refractivity contribution in [1.29, 1.82) is 0 Å². The van der Waals surface area contributed by atoms with Gasteiger partial charge in [0.25, 0.3) is 0 Å². The minimum absolute atomic E-state index is 0.182. The number of aromatic hydroxyl groups is 1. The Bertz CT molecular complexity index is 716. The van der Waals surface area contributed by atoms with Crippen molar-refractivity contribution in [3.63, 3.8) is 0 Å². The number of nitrogens with zero attached hydrogens (tertiary/aromatic N) is 2. The lowest BCUT2D eigenvalue weighted by Crippen LogP contribution is -1.90. The fraction of sp³-hybridized carbons (Fsp3) is 0.0714. The average molecular weight is 303 g/mol. The zero-order valence-electron chi connectivity index (χ0n) is 9.76. The first-order chi connectivity index (χ1) is 8.66. The second kappa shape index (κ2) is 4.14. The molecule has 0 fully saturated rings. The summed E-state index contributed by atoms with van der Waals surface area (Å²) in [4.78, 5) is 4.47. The molecule has 0 aliphatic rings. The van der Waals surface area contributed by atoms with Crippen LogP contribution >= 0.6 is 15.9 Å². The first kappa shape index (κ1) is 11.3. The predicted octanol–water partition coefficient (Wildman–Crippen LogP) is 3.78. The van der Waals surface area contributed by atoms with Crippen LogP contribution in [0.2, 0.25) is 0 Å². The van der Waals surface area contributed by atoms with Gasteiger partial charge in [-0.25, -0.2) is 4.98 Å². The molecule has 0 saturated carbocycles. The zero-order valence-corrected chi connectivity index (χ0v) is 11.3. The maximum Gasteiger partial charge on any atom is 0.197 e. The van der Waals surface area contributed by atoms with E-state index in [-0.39, 0.29) is 5.88 Å². The molecule has 90 valence electrons. The molecule has 4 heteroatoms. The number of rotatable bonds is 1. The first-order valence-electron chi connectivity index (χ1n) is 5.60. The molecule has 0 atom stereocenters. The van der Waals surface area contributed by atoms with Crippen molar-refractivity contribution in [2.75, 3.05) is 0 Å². The molecule has 0 saturated heterocycles. The molecule has 3 rings (SSSR count). The highest BCUT2D eigenvalue weighted by atomic mass is 79.9. The second-order valence-corrected chi connectivity index (χ2v) is 4.95. The Morgan fingerprint density at radius 3 is 2.56 bits per heavy atom. The number of fused-ring (bicyclic) bond motifs is 1. The summed E-state index contributed by atoms with van der Waals surface area (Å²) >= 11 is 3.42. The van der Waals surface area contributed by atoms with Crippen LogP contribution < -0.4 is 0 Å². The Morgan fingerprint density at radius 2 is 1.83 bits per heavy atom. The summed E-state index contributed by atoms with van der Waals surface area (Å²) in [6.07, 6.45) is 0. The lowest BCUT2D eigenvalue weighted by atomic mass is 10.1. The smallest absolute Gasteiger partial charge is 0.197 e. The summed E-state index contributed by atoms with van der Waals surface area (Å²) in [6.45, 7) is 2.04. The van der Waals surface area contributed by atoms with E-state index in [1.165, 1.54) is 5.56 Å². The van der Waals surface area contributed by atoms with Gasteiger partial charge in [0.2, 0.25) is 0 Å². The maximum atomic E-state index is 9.98. The third-order valence-corrected chi connectivity index (χ3v) is 3.49. The van der Waals surface area contributed by atoms with E-state index in [1.807, 2.05) is 37.3 Å². The van der Waals surface area contributed by atoms with E-state index in [4.69, 9.17) is 0 Å². The lowest BCUT2D eigenvalue weighted by Gasteiger charge is -2.03. The third kappa shape index (κ3) is 1.69. The Balaban J connectivity index is 2.32. The minimum Gasteiger partial charge on any atom is -0.494 e. The Morgan fingerprint density at radius 1 is 1.11 bits per heavy atom. The van der Waals surface area contributed by atoms with Crippen molar-refractivity contribution in [1.82, 2.24) is 9.38 Å². The standard InChI is InChI=1S/C14H11BrN2O/c1-9-5-7-10(8-6-9)14-16-13(15)11-3-2-4-12(18)17(11)14/h2-8,18H,1H3. The molecule has 0 bridgehead atoms. The third-order valence-electron chi connectivity index (χ3n) is 2.91. The molecule has 0 unspecified atom stereocenters. The normalized spacial score (nSPS) is 11.0. The van der Waals surface area contributed by atoms with Crippen LogP contribution in [0.25, 0.3) is 16.9 Å². The number of aromatic nitrogens is 2. The van der Waals surface area contributed by atoms with E-state index in [9.17, 15) is 5.11 Å². The molecule has 2 heterocycles. The number of aryl methyl sites for hydroxylation is 1. The summed E-state index contributed by atoms with van der Waals surface area (Å²) in [5.74, 6) is 0.913. The SMILES string of the molecule is Cc1ccc(-c2nc(Br)c3cccc(O)n23)cc1. The van der Waals surface area contributed by atoms with Gasteiger partial charge in [-0.15, -0.1) is 0 Å². The Kier molecular flexibility index (Phi) is 2.59. The highest BCUT2D eigenvalue weighted by molar-refractivity contribution is 9.10. The van der Waals surface area contributed by atoms with Crippen LogP contribution in [0.4, 0.5) is 0 Å². The first-order valence-corrected chi connectivity index (χ1v) is 6.39. The van der Waals surface area contributed by atoms with Gasteiger partial charge in [0.1, 0.15) is 10.4 Å². The van der Waals surface area contributed by atoms with Crippen molar-refractivity contribution in [3.8, 4) is 17.3 Å². The van der Waals surface area contributed by atoms with Crippen LogP contribution in [0.5, 0.6) is 5.88 Å². The fourth-order valence-corrected chi connectivity index (χ4v) is 2.46. The van der Waals surface area contributed by atoms with Gasteiger partial charge in [0.05, 0.1) is 5.52 Å². The van der Waals surface area contributed by atoms with Crippen molar-refractivity contribution in [2.24, 2.45) is 0 Å². The van der Waals surface area contributed by atoms with E-state index >= 15 is 0 Å². The van der Waals surface area contributed by atoms with Crippen LogP contribution in [0, 0.1) is 6.92 Å². The van der Waals surface area contributed by atoms with Crippen LogP contribution in [0.1, 0.15) is 5.56 Å². The van der Waals surface area contributed by atoms with E-state index in [2.05, 4.69) is 20.9 Å². The molecule has 0 amide bonds. The van der Waals surface area contributed by atoms with Gasteiger partial charge in [-0.3, -0.25) is 4.40 Å². The van der Waals surface area contributed by atoms with Crippen molar-refractivity contribution < 1.29 is 5.11 Å². The minimum atomic E-state index is 0.182. The number of imidazole rings is 1. The summed E-state index contributed by atoms with van der Waals surface area (Å²) in [5, 5.41) is 9.98. The number of hydrogen-bond acceptors (Lipinski definition) is 2. The van der Waals surface area contributed by atoms with Crippen molar-refractivity contribution >= 4 is 21.4 Å². The van der Waals surface area contributed by atoms with Crippen molar-refractivity contribution in [3.05, 3.63) is 52.6 Å². The summed E-state index contributed by atoms with van der Waals surface area (Å²) in [5.41, 5.74) is 3.02. The molecule has 0 aliphatic carbocycles. The molecule has 0 radical (unpaired) electrons. The van der Waals surface area contributed by atoms with E-state index in [0.29, 0.717) is 0 Å². The van der Waals surface area contributed by atoms with E-state index in [1.54, 1.807) is 16.5 Å². The molecule has 2 aromatic heterocycles. The number of pyridine rings is 1. The Labute approximate surface area is 113 Å². The van der Waals surface area contributed by atoms with Gasteiger partial charge in [0.15, 0.2) is 5.88 Å². The molecule has 1 N–H and O–H groups in total. The molecule has 18 heavy (non-hydrogen) atoms. The van der Waals surface area contributed by atoms with Crippen LogP contribution in [0.3, 0.4) is 0 Å². The van der Waals surface area contributed by atoms with Gasteiger partial charge in [-0.05, 0) is 35.0 Å². The van der Waals surface area contributed by atoms with E-state index < -0.39 is 0 Å². The Hall–Kier alpha value is -1.81. The molecule has 0 aliphatic heterocycles. The van der Waals surface area contributed by atoms with Crippen molar-refractivity contribution in [2.45, 2.75) is 6.92 Å². The molecular weight excluding hydrogens is 292 g/mol. The molecular formula is C14H11BrN2O. The largest absolute Gasteiger partial charge is 0.494 e. The molecule has 3 nitrogen and oxygen atoms in total. The van der Waals surface area contributed by atoms with Gasteiger partial charge in [0, 0.05) is 5.56 Å². The molecule has 1 aromatic carbocycles. The summed E-state index contributed by atoms with van der Waals surface area (Å²) in [7, 11) is 0. The number of hydrogen-bond donors (Lipinski definition) is 1. The lowest BCUT2D eigenvalue weighted by molar-refractivity contribution is 0.447. The summed E-state index contributed by atoms with van der Waals surface area (Å²) < 4.78 is 2.46. The van der Waals surface area contributed by atoms with Gasteiger partial charge >= 0.3 is 0 Å².